The molecule has 0 aromatic carbocycles. The minimum Gasteiger partial charge on any atom is -0.469 e. The van der Waals surface area contributed by atoms with Crippen molar-refractivity contribution in [2.24, 2.45) is 4.99 Å². The molecule has 0 fully saturated rings. The quantitative estimate of drug-likeness (QED) is 0.624. The van der Waals surface area contributed by atoms with Crippen LogP contribution in [0.3, 0.4) is 0 Å². The van der Waals surface area contributed by atoms with Crippen LogP contribution in [0.25, 0.3) is 6.08 Å². The summed E-state index contributed by atoms with van der Waals surface area (Å²) in [4.78, 5) is 15.7. The summed E-state index contributed by atoms with van der Waals surface area (Å²) in [6.45, 7) is 0. The van der Waals surface area contributed by atoms with Crippen LogP contribution in [0.5, 0.6) is 0 Å². The van der Waals surface area contributed by atoms with Gasteiger partial charge in [0.1, 0.15) is 11.5 Å². The molecule has 5 heteroatoms. The lowest BCUT2D eigenvalue weighted by Gasteiger charge is -1.96. The number of esters is 1. The van der Waals surface area contributed by atoms with Crippen LogP contribution in [0.15, 0.2) is 56.3 Å². The average Bonchev–Trinajstić information content (AvgIpc) is 3.11. The minimum atomic E-state index is -0.453. The predicted octanol–water partition coefficient (Wildman–Crippen LogP) is 2.80. The van der Waals surface area contributed by atoms with E-state index in [-0.39, 0.29) is 5.70 Å². The van der Waals surface area contributed by atoms with Crippen molar-refractivity contribution in [3.05, 3.63) is 54.0 Å². The van der Waals surface area contributed by atoms with Crippen molar-refractivity contribution < 1.29 is 18.4 Å². The number of ether oxygens (including phenoxy) is 1. The van der Waals surface area contributed by atoms with E-state index in [1.807, 2.05) is 12.1 Å². The summed E-state index contributed by atoms with van der Waals surface area (Å²) in [6.07, 6.45) is 5.87. The minimum absolute atomic E-state index is 0.254. The van der Waals surface area contributed by atoms with E-state index in [2.05, 4.69) is 4.99 Å². The maximum atomic E-state index is 11.6. The van der Waals surface area contributed by atoms with E-state index in [0.29, 0.717) is 24.5 Å². The number of carbonyl (C=O) groups is 1. The second kappa shape index (κ2) is 4.97. The SMILES string of the molecule is O=C1OC(CCc2ccco2)=N/C1=C/c1ccco1. The van der Waals surface area contributed by atoms with Crippen LogP contribution in [0.1, 0.15) is 17.9 Å². The van der Waals surface area contributed by atoms with Crippen LogP contribution >= 0.6 is 0 Å². The third kappa shape index (κ3) is 2.65. The van der Waals surface area contributed by atoms with Gasteiger partial charge < -0.3 is 13.6 Å². The van der Waals surface area contributed by atoms with E-state index in [9.17, 15) is 4.79 Å². The summed E-state index contributed by atoms with van der Waals surface area (Å²) in [7, 11) is 0. The van der Waals surface area contributed by atoms with Gasteiger partial charge in [-0.15, -0.1) is 0 Å². The highest BCUT2D eigenvalue weighted by molar-refractivity contribution is 6.07. The van der Waals surface area contributed by atoms with Crippen LogP contribution < -0.4 is 0 Å². The first kappa shape index (κ1) is 11.5. The molecule has 3 heterocycles. The van der Waals surface area contributed by atoms with Gasteiger partial charge in [0.05, 0.1) is 12.5 Å². The van der Waals surface area contributed by atoms with E-state index in [1.54, 1.807) is 24.5 Å². The standard InChI is InChI=1S/C14H11NO4/c16-14-12(9-11-4-2-8-18-11)15-13(19-14)6-5-10-3-1-7-17-10/h1-4,7-9H,5-6H2/b12-9+. The Balaban J connectivity index is 1.69. The Morgan fingerprint density at radius 3 is 2.68 bits per heavy atom. The summed E-state index contributed by atoms with van der Waals surface area (Å²) >= 11 is 0. The van der Waals surface area contributed by atoms with Gasteiger partial charge in [-0.3, -0.25) is 0 Å². The van der Waals surface area contributed by atoms with Crippen molar-refractivity contribution in [2.75, 3.05) is 0 Å². The molecule has 2 aromatic rings. The van der Waals surface area contributed by atoms with Gasteiger partial charge >= 0.3 is 5.97 Å². The molecule has 0 radical (unpaired) electrons. The first-order valence-electron chi connectivity index (χ1n) is 5.88. The fraction of sp³-hybridized carbons (Fsp3) is 0.143. The number of aryl methyl sites for hydroxylation is 1. The van der Waals surface area contributed by atoms with Crippen LogP contribution in [-0.4, -0.2) is 11.9 Å². The topological polar surface area (TPSA) is 64.9 Å². The summed E-state index contributed by atoms with van der Waals surface area (Å²) in [5, 5.41) is 0. The Labute approximate surface area is 109 Å². The normalized spacial score (nSPS) is 16.7. The maximum absolute atomic E-state index is 11.6. The molecule has 0 saturated carbocycles. The molecule has 0 aliphatic carbocycles. The van der Waals surface area contributed by atoms with Crippen LogP contribution in [0, 0.1) is 0 Å². The largest absolute Gasteiger partial charge is 0.469 e. The lowest BCUT2D eigenvalue weighted by Crippen LogP contribution is -2.04. The molecule has 0 spiro atoms. The van der Waals surface area contributed by atoms with Crippen molar-refractivity contribution in [3.63, 3.8) is 0 Å². The number of cyclic esters (lactones) is 1. The molecule has 3 rings (SSSR count). The third-order valence-electron chi connectivity index (χ3n) is 2.65. The smallest absolute Gasteiger partial charge is 0.363 e. The molecular formula is C14H11NO4. The molecule has 0 N–H and O–H groups in total. The van der Waals surface area contributed by atoms with E-state index in [0.717, 1.165) is 5.76 Å². The zero-order valence-corrected chi connectivity index (χ0v) is 10.0. The van der Waals surface area contributed by atoms with Crippen molar-refractivity contribution in [2.45, 2.75) is 12.8 Å². The number of carbonyl (C=O) groups excluding carboxylic acids is 1. The van der Waals surface area contributed by atoms with Gasteiger partial charge in [0.15, 0.2) is 11.6 Å². The predicted molar refractivity (Wildman–Crippen MR) is 67.2 cm³/mol. The maximum Gasteiger partial charge on any atom is 0.363 e. The van der Waals surface area contributed by atoms with E-state index in [4.69, 9.17) is 13.6 Å². The number of nitrogens with zero attached hydrogens (tertiary/aromatic N) is 1. The monoisotopic (exact) mass is 257 g/mol. The van der Waals surface area contributed by atoms with E-state index in [1.165, 1.54) is 6.26 Å². The van der Waals surface area contributed by atoms with E-state index < -0.39 is 5.97 Å². The lowest BCUT2D eigenvalue weighted by molar-refractivity contribution is -0.130. The number of furan rings is 2. The van der Waals surface area contributed by atoms with Gasteiger partial charge in [-0.2, -0.15) is 0 Å². The molecular weight excluding hydrogens is 246 g/mol. The summed E-state index contributed by atoms with van der Waals surface area (Å²) in [6, 6.07) is 7.18. The Morgan fingerprint density at radius 2 is 1.95 bits per heavy atom. The number of rotatable bonds is 4. The van der Waals surface area contributed by atoms with Crippen molar-refractivity contribution in [1.29, 1.82) is 0 Å². The first-order valence-corrected chi connectivity index (χ1v) is 5.88. The Kier molecular flexibility index (Phi) is 3.02. The Hall–Kier alpha value is -2.56. The molecule has 2 aromatic heterocycles. The number of hydrogen-bond donors (Lipinski definition) is 0. The second-order valence-corrected chi connectivity index (χ2v) is 4.02. The molecule has 96 valence electrons. The van der Waals surface area contributed by atoms with Crippen molar-refractivity contribution >= 4 is 17.9 Å². The summed E-state index contributed by atoms with van der Waals surface area (Å²) in [5.41, 5.74) is 0.254. The van der Waals surface area contributed by atoms with Gasteiger partial charge in [0.2, 0.25) is 0 Å². The van der Waals surface area contributed by atoms with Gasteiger partial charge in [-0.25, -0.2) is 9.79 Å². The molecule has 5 nitrogen and oxygen atoms in total. The molecule has 0 saturated heterocycles. The van der Waals surface area contributed by atoms with Gasteiger partial charge in [0.25, 0.3) is 0 Å². The molecule has 1 aliphatic rings. The van der Waals surface area contributed by atoms with Crippen LogP contribution in [0.4, 0.5) is 0 Å². The fourth-order valence-electron chi connectivity index (χ4n) is 1.75. The van der Waals surface area contributed by atoms with Gasteiger partial charge in [0, 0.05) is 18.9 Å². The molecule has 0 amide bonds. The fourth-order valence-corrected chi connectivity index (χ4v) is 1.75. The zero-order valence-electron chi connectivity index (χ0n) is 10.0. The Bertz CT molecular complexity index is 620. The number of aliphatic imine (C=N–C) groups is 1. The zero-order chi connectivity index (χ0) is 13.1. The molecule has 19 heavy (non-hydrogen) atoms. The summed E-state index contributed by atoms with van der Waals surface area (Å²) < 4.78 is 15.4. The van der Waals surface area contributed by atoms with Crippen molar-refractivity contribution in [3.8, 4) is 0 Å². The van der Waals surface area contributed by atoms with Gasteiger partial charge in [-0.1, -0.05) is 0 Å². The highest BCUT2D eigenvalue weighted by Crippen LogP contribution is 2.18. The molecule has 0 atom stereocenters. The molecule has 0 bridgehead atoms. The summed E-state index contributed by atoms with van der Waals surface area (Å²) in [5.74, 6) is 1.36. The average molecular weight is 257 g/mol. The highest BCUT2D eigenvalue weighted by Gasteiger charge is 2.23. The third-order valence-corrected chi connectivity index (χ3v) is 2.65. The highest BCUT2D eigenvalue weighted by atomic mass is 16.6. The first-order chi connectivity index (χ1) is 9.31. The Morgan fingerprint density at radius 1 is 1.11 bits per heavy atom. The van der Waals surface area contributed by atoms with E-state index >= 15 is 0 Å². The molecule has 0 unspecified atom stereocenters. The number of hydrogen-bond acceptors (Lipinski definition) is 5. The van der Waals surface area contributed by atoms with Crippen LogP contribution in [0.2, 0.25) is 0 Å². The molecule has 1 aliphatic heterocycles. The van der Waals surface area contributed by atoms with Crippen LogP contribution in [-0.2, 0) is 16.0 Å². The lowest BCUT2D eigenvalue weighted by atomic mass is 10.2. The second-order valence-electron chi connectivity index (χ2n) is 4.02. The van der Waals surface area contributed by atoms with Gasteiger partial charge in [-0.05, 0) is 24.3 Å². The van der Waals surface area contributed by atoms with Crippen molar-refractivity contribution in [1.82, 2.24) is 0 Å².